The van der Waals surface area contributed by atoms with Crippen molar-refractivity contribution in [3.8, 4) is 0 Å². The first-order chi connectivity index (χ1) is 8.13. The molecule has 0 amide bonds. The first-order valence-corrected chi connectivity index (χ1v) is 7.04. The van der Waals surface area contributed by atoms with Crippen molar-refractivity contribution in [1.82, 2.24) is 0 Å². The maximum atomic E-state index is 13.5. The molecule has 0 bridgehead atoms. The number of aliphatic hydroxyl groups is 1. The molecule has 0 spiro atoms. The van der Waals surface area contributed by atoms with E-state index in [0.717, 1.165) is 23.7 Å². The number of halogens is 2. The number of rotatable bonds is 7. The summed E-state index contributed by atoms with van der Waals surface area (Å²) in [6, 6.07) is 4.98. The number of hydrogen-bond acceptors (Lipinski definition) is 1. The standard InChI is InChI=1S/C14H20BrFO/c1-2-3-4-5-6-13(17)9-11-7-8-12(15)10-14(11)16/h7-8,10,13,17H,2-6,9H2,1H3. The van der Waals surface area contributed by atoms with Gasteiger partial charge < -0.3 is 5.11 Å². The normalized spacial score (nSPS) is 12.7. The predicted molar refractivity (Wildman–Crippen MR) is 72.6 cm³/mol. The van der Waals surface area contributed by atoms with Crippen LogP contribution in [0.2, 0.25) is 0 Å². The van der Waals surface area contributed by atoms with Crippen LogP contribution in [0.1, 0.15) is 44.6 Å². The van der Waals surface area contributed by atoms with Crippen LogP contribution < -0.4 is 0 Å². The molecule has 1 atom stereocenters. The van der Waals surface area contributed by atoms with E-state index < -0.39 is 6.10 Å². The number of aliphatic hydroxyl groups excluding tert-OH is 1. The van der Waals surface area contributed by atoms with E-state index in [1.165, 1.54) is 18.9 Å². The van der Waals surface area contributed by atoms with E-state index in [-0.39, 0.29) is 5.82 Å². The van der Waals surface area contributed by atoms with Crippen molar-refractivity contribution in [3.05, 3.63) is 34.1 Å². The van der Waals surface area contributed by atoms with E-state index in [1.807, 2.05) is 6.07 Å². The highest BCUT2D eigenvalue weighted by molar-refractivity contribution is 9.10. The Labute approximate surface area is 111 Å². The Bertz CT molecular complexity index is 341. The fourth-order valence-electron chi connectivity index (χ4n) is 1.85. The van der Waals surface area contributed by atoms with E-state index >= 15 is 0 Å². The quantitative estimate of drug-likeness (QED) is 0.737. The Balaban J connectivity index is 2.37. The third-order valence-electron chi connectivity index (χ3n) is 2.86. The smallest absolute Gasteiger partial charge is 0.127 e. The molecule has 1 aromatic carbocycles. The lowest BCUT2D eigenvalue weighted by Crippen LogP contribution is -2.11. The lowest BCUT2D eigenvalue weighted by molar-refractivity contribution is 0.159. The van der Waals surface area contributed by atoms with E-state index in [1.54, 1.807) is 6.07 Å². The summed E-state index contributed by atoms with van der Waals surface area (Å²) in [5.74, 6) is -0.244. The fraction of sp³-hybridized carbons (Fsp3) is 0.571. The zero-order chi connectivity index (χ0) is 12.7. The molecule has 1 nitrogen and oxygen atoms in total. The van der Waals surface area contributed by atoms with Crippen molar-refractivity contribution in [2.24, 2.45) is 0 Å². The highest BCUT2D eigenvalue weighted by Gasteiger charge is 2.09. The molecule has 0 saturated carbocycles. The monoisotopic (exact) mass is 302 g/mol. The summed E-state index contributed by atoms with van der Waals surface area (Å²) in [6.45, 7) is 2.16. The SMILES string of the molecule is CCCCCCC(O)Cc1ccc(Br)cc1F. The van der Waals surface area contributed by atoms with Gasteiger partial charge in [-0.25, -0.2) is 4.39 Å². The molecule has 0 fully saturated rings. The Hall–Kier alpha value is -0.410. The molecule has 96 valence electrons. The first-order valence-electron chi connectivity index (χ1n) is 6.25. The average Bonchev–Trinajstić information content (AvgIpc) is 2.28. The zero-order valence-corrected chi connectivity index (χ0v) is 11.8. The summed E-state index contributed by atoms with van der Waals surface area (Å²) >= 11 is 3.22. The van der Waals surface area contributed by atoms with Gasteiger partial charge in [-0.05, 0) is 24.1 Å². The van der Waals surface area contributed by atoms with Gasteiger partial charge in [0.15, 0.2) is 0 Å². The number of benzene rings is 1. The Morgan fingerprint density at radius 3 is 2.71 bits per heavy atom. The van der Waals surface area contributed by atoms with Crippen molar-refractivity contribution in [2.75, 3.05) is 0 Å². The first kappa shape index (κ1) is 14.7. The lowest BCUT2D eigenvalue weighted by Gasteiger charge is -2.11. The summed E-state index contributed by atoms with van der Waals surface area (Å²) in [5.41, 5.74) is 0.594. The van der Waals surface area contributed by atoms with Gasteiger partial charge in [0, 0.05) is 10.9 Å². The van der Waals surface area contributed by atoms with Crippen molar-refractivity contribution >= 4 is 15.9 Å². The van der Waals surface area contributed by atoms with Crippen LogP contribution in [0.5, 0.6) is 0 Å². The second kappa shape index (κ2) is 7.83. The van der Waals surface area contributed by atoms with Crippen molar-refractivity contribution < 1.29 is 9.50 Å². The van der Waals surface area contributed by atoms with E-state index in [2.05, 4.69) is 22.9 Å². The van der Waals surface area contributed by atoms with Gasteiger partial charge >= 0.3 is 0 Å². The van der Waals surface area contributed by atoms with E-state index in [9.17, 15) is 9.50 Å². The molecule has 1 aromatic rings. The van der Waals surface area contributed by atoms with Crippen molar-refractivity contribution in [2.45, 2.75) is 51.6 Å². The molecular weight excluding hydrogens is 283 g/mol. The molecule has 1 rings (SSSR count). The van der Waals surface area contributed by atoms with Crippen LogP contribution in [-0.4, -0.2) is 11.2 Å². The van der Waals surface area contributed by atoms with Gasteiger partial charge in [0.05, 0.1) is 6.10 Å². The van der Waals surface area contributed by atoms with Gasteiger partial charge in [0.2, 0.25) is 0 Å². The maximum absolute atomic E-state index is 13.5. The summed E-state index contributed by atoms with van der Waals surface area (Å²) < 4.78 is 14.2. The highest BCUT2D eigenvalue weighted by Crippen LogP contribution is 2.18. The van der Waals surface area contributed by atoms with Gasteiger partial charge in [-0.15, -0.1) is 0 Å². The molecule has 0 radical (unpaired) electrons. The molecule has 1 N–H and O–H groups in total. The summed E-state index contributed by atoms with van der Waals surface area (Å²) in [7, 11) is 0. The maximum Gasteiger partial charge on any atom is 0.127 e. The average molecular weight is 303 g/mol. The number of hydrogen-bond donors (Lipinski definition) is 1. The van der Waals surface area contributed by atoms with Crippen LogP contribution in [0.3, 0.4) is 0 Å². The lowest BCUT2D eigenvalue weighted by atomic mass is 10.0. The molecule has 0 aromatic heterocycles. The van der Waals surface area contributed by atoms with Gasteiger partial charge in [-0.2, -0.15) is 0 Å². The molecule has 0 saturated heterocycles. The van der Waals surface area contributed by atoms with Crippen LogP contribution >= 0.6 is 15.9 Å². The molecule has 17 heavy (non-hydrogen) atoms. The van der Waals surface area contributed by atoms with E-state index in [4.69, 9.17) is 0 Å². The van der Waals surface area contributed by atoms with E-state index in [0.29, 0.717) is 12.0 Å². The van der Waals surface area contributed by atoms with Crippen LogP contribution in [0.25, 0.3) is 0 Å². The second-order valence-electron chi connectivity index (χ2n) is 4.44. The summed E-state index contributed by atoms with van der Waals surface area (Å²) in [6.07, 6.45) is 5.31. The topological polar surface area (TPSA) is 20.2 Å². The molecule has 3 heteroatoms. The Morgan fingerprint density at radius 2 is 2.06 bits per heavy atom. The minimum atomic E-state index is -0.428. The van der Waals surface area contributed by atoms with Gasteiger partial charge in [0.25, 0.3) is 0 Å². The largest absolute Gasteiger partial charge is 0.393 e. The molecule has 1 unspecified atom stereocenters. The minimum Gasteiger partial charge on any atom is -0.393 e. The van der Waals surface area contributed by atoms with Crippen LogP contribution in [-0.2, 0) is 6.42 Å². The Morgan fingerprint density at radius 1 is 1.29 bits per heavy atom. The van der Waals surface area contributed by atoms with Crippen LogP contribution in [0.4, 0.5) is 4.39 Å². The molecule has 0 aliphatic rings. The van der Waals surface area contributed by atoms with Gasteiger partial charge in [0.1, 0.15) is 5.82 Å². The number of unbranched alkanes of at least 4 members (excludes halogenated alkanes) is 3. The highest BCUT2D eigenvalue weighted by atomic mass is 79.9. The van der Waals surface area contributed by atoms with Crippen LogP contribution in [0, 0.1) is 5.82 Å². The third kappa shape index (κ3) is 5.64. The third-order valence-corrected chi connectivity index (χ3v) is 3.35. The summed E-state index contributed by atoms with van der Waals surface area (Å²) in [4.78, 5) is 0. The molecular formula is C14H20BrFO. The predicted octanol–water partition coefficient (Wildman–Crippen LogP) is 4.46. The second-order valence-corrected chi connectivity index (χ2v) is 5.36. The van der Waals surface area contributed by atoms with Gasteiger partial charge in [-0.1, -0.05) is 54.6 Å². The Kier molecular flexibility index (Phi) is 6.75. The molecule has 0 heterocycles. The van der Waals surface area contributed by atoms with Gasteiger partial charge in [-0.3, -0.25) is 0 Å². The molecule has 0 aliphatic carbocycles. The summed E-state index contributed by atoms with van der Waals surface area (Å²) in [5, 5.41) is 9.82. The van der Waals surface area contributed by atoms with Crippen LogP contribution in [0.15, 0.2) is 22.7 Å². The van der Waals surface area contributed by atoms with Crippen molar-refractivity contribution in [3.63, 3.8) is 0 Å². The molecule has 0 aliphatic heterocycles. The fourth-order valence-corrected chi connectivity index (χ4v) is 2.18. The van der Waals surface area contributed by atoms with Crippen molar-refractivity contribution in [1.29, 1.82) is 0 Å². The zero-order valence-electron chi connectivity index (χ0n) is 10.3. The minimum absolute atomic E-state index is 0.244.